The first-order valence-electron chi connectivity index (χ1n) is 13.2. The van der Waals surface area contributed by atoms with E-state index >= 15 is 0 Å². The Morgan fingerprint density at radius 3 is 2.47 bits per heavy atom. The lowest BCUT2D eigenvalue weighted by Crippen LogP contribution is -2.50. The molecule has 1 aromatic rings. The standard InChI is InChI=1S/C31H36N2O3/c1-19(34)36-23-11-13-30(2)22(17-23)9-10-24-26(30)12-14-31(3)27(24)16-21(15-20-7-5-4-6-8-20)28(31)25(18-32)29(33)35/h4-9,15,23-24,26-27H,10-14,16-17H2,1-3H3,(H2,33,35)/b21-15+,28-25+/t23-,24+,26-,27-,30-,31-/m0/s1. The number of ether oxygens (including phenoxy) is 1. The normalized spacial score (nSPS) is 37.6. The predicted octanol–water partition coefficient (Wildman–Crippen LogP) is 5.88. The molecule has 1 aromatic carbocycles. The number of hydrogen-bond acceptors (Lipinski definition) is 4. The van der Waals surface area contributed by atoms with E-state index < -0.39 is 5.91 Å². The van der Waals surface area contributed by atoms with Crippen molar-refractivity contribution in [1.29, 1.82) is 5.26 Å². The summed E-state index contributed by atoms with van der Waals surface area (Å²) in [4.78, 5) is 24.0. The quantitative estimate of drug-likeness (QED) is 0.251. The van der Waals surface area contributed by atoms with Crippen LogP contribution in [0.4, 0.5) is 0 Å². The first-order chi connectivity index (χ1) is 17.2. The summed E-state index contributed by atoms with van der Waals surface area (Å²) in [7, 11) is 0. The highest BCUT2D eigenvalue weighted by Gasteiger charge is 2.59. The van der Waals surface area contributed by atoms with E-state index in [4.69, 9.17) is 10.5 Å². The zero-order valence-corrected chi connectivity index (χ0v) is 21.5. The van der Waals surface area contributed by atoms with E-state index in [0.717, 1.165) is 61.7 Å². The van der Waals surface area contributed by atoms with Crippen molar-refractivity contribution in [2.75, 3.05) is 0 Å². The average Bonchev–Trinajstić information content (AvgIpc) is 3.12. The van der Waals surface area contributed by atoms with Crippen molar-refractivity contribution in [2.24, 2.45) is 34.3 Å². The van der Waals surface area contributed by atoms with Gasteiger partial charge in [0.2, 0.25) is 0 Å². The Morgan fingerprint density at radius 2 is 1.81 bits per heavy atom. The summed E-state index contributed by atoms with van der Waals surface area (Å²) in [6.07, 6.45) is 11.2. The molecule has 0 bridgehead atoms. The van der Waals surface area contributed by atoms with Crippen LogP contribution in [0, 0.1) is 39.9 Å². The first kappa shape index (κ1) is 24.6. The third-order valence-electron chi connectivity index (χ3n) is 9.86. The minimum Gasteiger partial charge on any atom is -0.462 e. The highest BCUT2D eigenvalue weighted by Crippen LogP contribution is 2.67. The number of rotatable bonds is 3. The summed E-state index contributed by atoms with van der Waals surface area (Å²) in [5.74, 6) is 0.552. The van der Waals surface area contributed by atoms with Gasteiger partial charge in [-0.1, -0.05) is 61.9 Å². The summed E-state index contributed by atoms with van der Waals surface area (Å²) in [5.41, 5.74) is 10.2. The van der Waals surface area contributed by atoms with E-state index in [9.17, 15) is 14.9 Å². The molecule has 6 atom stereocenters. The van der Waals surface area contributed by atoms with Gasteiger partial charge in [-0.15, -0.1) is 0 Å². The van der Waals surface area contributed by atoms with Gasteiger partial charge in [0.05, 0.1) is 0 Å². The molecule has 5 nitrogen and oxygen atoms in total. The predicted molar refractivity (Wildman–Crippen MR) is 139 cm³/mol. The Kier molecular flexibility index (Phi) is 6.19. The molecular formula is C31H36N2O3. The van der Waals surface area contributed by atoms with E-state index in [0.29, 0.717) is 17.8 Å². The zero-order chi connectivity index (χ0) is 25.7. The molecule has 4 aliphatic rings. The van der Waals surface area contributed by atoms with Crippen LogP contribution in [0.5, 0.6) is 0 Å². The summed E-state index contributed by atoms with van der Waals surface area (Å²) in [5, 5.41) is 9.98. The number of allylic oxidation sites excluding steroid dienone is 3. The van der Waals surface area contributed by atoms with Crippen molar-refractivity contribution in [3.8, 4) is 6.07 Å². The minimum atomic E-state index is -0.628. The molecule has 2 N–H and O–H groups in total. The van der Waals surface area contributed by atoms with E-state index in [1.807, 2.05) is 18.2 Å². The fourth-order valence-electron chi connectivity index (χ4n) is 8.24. The van der Waals surface area contributed by atoms with Crippen LogP contribution in [0.25, 0.3) is 6.08 Å². The molecule has 0 radical (unpaired) electrons. The molecule has 36 heavy (non-hydrogen) atoms. The number of nitriles is 1. The highest BCUT2D eigenvalue weighted by molar-refractivity contribution is 5.98. The average molecular weight is 485 g/mol. The number of benzene rings is 1. The topological polar surface area (TPSA) is 93.2 Å². The molecule has 0 spiro atoms. The number of amides is 1. The van der Waals surface area contributed by atoms with E-state index in [2.05, 4.69) is 44.2 Å². The lowest BCUT2D eigenvalue weighted by molar-refractivity contribution is -0.148. The van der Waals surface area contributed by atoms with Gasteiger partial charge in [0.15, 0.2) is 0 Å². The summed E-state index contributed by atoms with van der Waals surface area (Å²) < 4.78 is 5.58. The molecule has 3 fully saturated rings. The summed E-state index contributed by atoms with van der Waals surface area (Å²) in [6, 6.07) is 12.3. The van der Waals surface area contributed by atoms with Crippen LogP contribution in [0.3, 0.4) is 0 Å². The molecule has 5 heteroatoms. The molecule has 188 valence electrons. The third kappa shape index (κ3) is 3.92. The molecule has 0 heterocycles. The van der Waals surface area contributed by atoms with Crippen LogP contribution in [0.2, 0.25) is 0 Å². The Bertz CT molecular complexity index is 1220. The van der Waals surface area contributed by atoms with Gasteiger partial charge in [0.1, 0.15) is 17.7 Å². The second-order valence-electron chi connectivity index (χ2n) is 11.7. The highest BCUT2D eigenvalue weighted by atomic mass is 16.5. The number of nitrogens with two attached hydrogens (primary N) is 1. The maximum absolute atomic E-state index is 12.4. The van der Waals surface area contributed by atoms with Gasteiger partial charge in [0, 0.05) is 13.3 Å². The maximum atomic E-state index is 12.4. The lowest BCUT2D eigenvalue weighted by Gasteiger charge is -2.57. The zero-order valence-electron chi connectivity index (χ0n) is 21.5. The Hall–Kier alpha value is -3.13. The van der Waals surface area contributed by atoms with E-state index in [1.54, 1.807) is 0 Å². The van der Waals surface area contributed by atoms with Crippen molar-refractivity contribution in [3.63, 3.8) is 0 Å². The molecular weight excluding hydrogens is 448 g/mol. The van der Waals surface area contributed by atoms with Gasteiger partial charge in [-0.3, -0.25) is 9.59 Å². The van der Waals surface area contributed by atoms with E-state index in [-0.39, 0.29) is 28.5 Å². The number of primary amides is 1. The molecule has 0 unspecified atom stereocenters. The smallest absolute Gasteiger partial charge is 0.302 e. The largest absolute Gasteiger partial charge is 0.462 e. The van der Waals surface area contributed by atoms with E-state index in [1.165, 1.54) is 12.5 Å². The van der Waals surface area contributed by atoms with Crippen LogP contribution < -0.4 is 5.73 Å². The summed E-state index contributed by atoms with van der Waals surface area (Å²) in [6.45, 7) is 6.17. The molecule has 5 rings (SSSR count). The van der Waals surface area contributed by atoms with Gasteiger partial charge in [-0.05, 0) is 83.8 Å². The number of fused-ring (bicyclic) bond motifs is 5. The second kappa shape index (κ2) is 9.07. The fraction of sp³-hybridized carbons (Fsp3) is 0.516. The molecule has 4 aliphatic carbocycles. The lowest BCUT2D eigenvalue weighted by atomic mass is 9.47. The Labute approximate surface area is 214 Å². The van der Waals surface area contributed by atoms with Gasteiger partial charge < -0.3 is 10.5 Å². The number of nitrogens with zero attached hydrogens (tertiary/aromatic N) is 1. The number of esters is 1. The van der Waals surface area contributed by atoms with Crippen molar-refractivity contribution in [1.82, 2.24) is 0 Å². The third-order valence-corrected chi connectivity index (χ3v) is 9.86. The number of hydrogen-bond donors (Lipinski definition) is 1. The van der Waals surface area contributed by atoms with Crippen LogP contribution in [-0.2, 0) is 14.3 Å². The maximum Gasteiger partial charge on any atom is 0.302 e. The SMILES string of the molecule is CC(=O)O[C@H]1CC[C@@]2(C)C(=CC[C@@H]3[C@@H]2CC[C@]2(C)C(=C(\C#N)C(N)=O)/C(=C/c4ccccc4)C[C@@H]32)C1. The second-order valence-corrected chi connectivity index (χ2v) is 11.7. The Balaban J connectivity index is 1.55. The minimum absolute atomic E-state index is 0.0117. The molecule has 1 amide bonds. The van der Waals surface area contributed by atoms with Crippen molar-refractivity contribution >= 4 is 18.0 Å². The van der Waals surface area contributed by atoms with Gasteiger partial charge in [-0.25, -0.2) is 0 Å². The Morgan fingerprint density at radius 1 is 1.08 bits per heavy atom. The molecule has 0 aliphatic heterocycles. The van der Waals surface area contributed by atoms with Crippen LogP contribution in [0.1, 0.15) is 71.3 Å². The van der Waals surface area contributed by atoms with Crippen molar-refractivity contribution in [3.05, 3.63) is 64.3 Å². The van der Waals surface area contributed by atoms with Crippen molar-refractivity contribution < 1.29 is 14.3 Å². The van der Waals surface area contributed by atoms with Crippen molar-refractivity contribution in [2.45, 2.75) is 71.8 Å². The fourth-order valence-corrected chi connectivity index (χ4v) is 8.24. The van der Waals surface area contributed by atoms with Crippen LogP contribution in [-0.4, -0.2) is 18.0 Å². The monoisotopic (exact) mass is 484 g/mol. The van der Waals surface area contributed by atoms with Gasteiger partial charge >= 0.3 is 5.97 Å². The molecule has 3 saturated carbocycles. The number of carbonyl (C=O) groups is 2. The van der Waals surface area contributed by atoms with Crippen LogP contribution in [0.15, 0.2) is 58.7 Å². The number of carbonyl (C=O) groups excluding carboxylic acids is 2. The van der Waals surface area contributed by atoms with Gasteiger partial charge in [-0.2, -0.15) is 5.26 Å². The molecule has 0 aromatic heterocycles. The van der Waals surface area contributed by atoms with Gasteiger partial charge in [0.25, 0.3) is 5.91 Å². The summed E-state index contributed by atoms with van der Waals surface area (Å²) >= 11 is 0. The van der Waals surface area contributed by atoms with Crippen LogP contribution >= 0.6 is 0 Å². The molecule has 0 saturated heterocycles. The first-order valence-corrected chi connectivity index (χ1v) is 13.2.